The van der Waals surface area contributed by atoms with Crippen molar-refractivity contribution in [1.29, 1.82) is 0 Å². The second kappa shape index (κ2) is 9.61. The molecule has 25 heavy (non-hydrogen) atoms. The number of ether oxygens (including phenoxy) is 1. The predicted molar refractivity (Wildman–Crippen MR) is 95.6 cm³/mol. The summed E-state index contributed by atoms with van der Waals surface area (Å²) in [6.45, 7) is 5.86. The summed E-state index contributed by atoms with van der Waals surface area (Å²) in [7, 11) is 0. The molecule has 1 aromatic heterocycles. The Bertz CT molecular complexity index is 666. The highest BCUT2D eigenvalue weighted by atomic mass is 16.5. The summed E-state index contributed by atoms with van der Waals surface area (Å²) in [6.07, 6.45) is 4.03. The van der Waals surface area contributed by atoms with Crippen LogP contribution in [0.4, 0.5) is 0 Å². The zero-order valence-electron chi connectivity index (χ0n) is 14.8. The predicted octanol–water partition coefficient (Wildman–Crippen LogP) is 2.70. The van der Waals surface area contributed by atoms with Gasteiger partial charge in [0.05, 0.1) is 6.61 Å². The van der Waals surface area contributed by atoms with Gasteiger partial charge >= 0.3 is 0 Å². The normalized spacial score (nSPS) is 11.8. The number of hydrogen-bond acceptors (Lipinski definition) is 4. The van der Waals surface area contributed by atoms with Crippen molar-refractivity contribution in [2.75, 3.05) is 13.2 Å². The largest absolute Gasteiger partial charge is 0.494 e. The van der Waals surface area contributed by atoms with E-state index in [2.05, 4.69) is 10.4 Å². The molecule has 1 aromatic carbocycles. The summed E-state index contributed by atoms with van der Waals surface area (Å²) in [5.41, 5.74) is 0.600. The van der Waals surface area contributed by atoms with E-state index in [1.807, 2.05) is 30.8 Å². The van der Waals surface area contributed by atoms with Gasteiger partial charge in [-0.25, -0.2) is 0 Å². The second-order valence-electron chi connectivity index (χ2n) is 6.02. The third-order valence-electron chi connectivity index (χ3n) is 3.77. The molecule has 1 atom stereocenters. The lowest BCUT2D eigenvalue weighted by atomic mass is 10.1. The Morgan fingerprint density at radius 3 is 2.64 bits per heavy atom. The van der Waals surface area contributed by atoms with Crippen LogP contribution in [0.2, 0.25) is 0 Å². The van der Waals surface area contributed by atoms with Gasteiger partial charge in [0, 0.05) is 43.9 Å². The topological polar surface area (TPSA) is 73.2 Å². The van der Waals surface area contributed by atoms with Crippen LogP contribution in [0, 0.1) is 5.92 Å². The first-order valence-corrected chi connectivity index (χ1v) is 8.58. The van der Waals surface area contributed by atoms with Gasteiger partial charge in [0.15, 0.2) is 5.78 Å². The molecule has 0 aliphatic carbocycles. The van der Waals surface area contributed by atoms with E-state index < -0.39 is 0 Å². The number of Topliss-reactive ketones (excluding diaryl/α,β-unsaturated/α-hetero) is 1. The van der Waals surface area contributed by atoms with Crippen LogP contribution in [-0.4, -0.2) is 34.6 Å². The first-order chi connectivity index (χ1) is 12.1. The molecule has 0 bridgehead atoms. The minimum Gasteiger partial charge on any atom is -0.494 e. The van der Waals surface area contributed by atoms with Crippen LogP contribution >= 0.6 is 0 Å². The van der Waals surface area contributed by atoms with Gasteiger partial charge in [0.25, 0.3) is 0 Å². The summed E-state index contributed by atoms with van der Waals surface area (Å²) in [6, 6.07) is 8.88. The number of ketones is 1. The number of amides is 1. The van der Waals surface area contributed by atoms with E-state index in [0.29, 0.717) is 18.7 Å². The molecular weight excluding hydrogens is 318 g/mol. The molecule has 0 aliphatic rings. The van der Waals surface area contributed by atoms with Crippen LogP contribution in [0.15, 0.2) is 42.7 Å². The number of carbonyl (C=O) groups is 2. The van der Waals surface area contributed by atoms with Crippen molar-refractivity contribution in [2.45, 2.75) is 33.2 Å². The van der Waals surface area contributed by atoms with Crippen LogP contribution in [0.1, 0.15) is 37.0 Å². The number of aromatic nitrogens is 2. The van der Waals surface area contributed by atoms with Crippen molar-refractivity contribution in [3.05, 3.63) is 48.3 Å². The summed E-state index contributed by atoms with van der Waals surface area (Å²) >= 11 is 0. The minimum absolute atomic E-state index is 0.0391. The Kier molecular flexibility index (Phi) is 7.19. The standard InChI is InChI=1S/C19H25N3O3/c1-3-25-17-7-5-16(6-8-17)18(23)9-10-19(24)20-13-15(2)14-22-12-4-11-21-22/h4-8,11-12,15H,3,9-10,13-14H2,1-2H3,(H,20,24). The van der Waals surface area contributed by atoms with Gasteiger partial charge in [-0.3, -0.25) is 14.3 Å². The molecule has 0 aliphatic heterocycles. The lowest BCUT2D eigenvalue weighted by Gasteiger charge is -2.12. The van der Waals surface area contributed by atoms with Gasteiger partial charge in [-0.15, -0.1) is 0 Å². The fourth-order valence-corrected chi connectivity index (χ4v) is 2.44. The summed E-state index contributed by atoms with van der Waals surface area (Å²) in [5, 5.41) is 7.02. The maximum absolute atomic E-state index is 12.1. The van der Waals surface area contributed by atoms with Gasteiger partial charge in [0.2, 0.25) is 5.91 Å². The molecule has 1 unspecified atom stereocenters. The van der Waals surface area contributed by atoms with Crippen molar-refractivity contribution in [3.63, 3.8) is 0 Å². The Morgan fingerprint density at radius 1 is 1.24 bits per heavy atom. The maximum atomic E-state index is 12.1. The van der Waals surface area contributed by atoms with E-state index >= 15 is 0 Å². The number of nitrogens with zero attached hydrogens (tertiary/aromatic N) is 2. The van der Waals surface area contributed by atoms with E-state index in [9.17, 15) is 9.59 Å². The average molecular weight is 343 g/mol. The number of benzene rings is 1. The highest BCUT2D eigenvalue weighted by molar-refractivity contribution is 5.98. The fourth-order valence-electron chi connectivity index (χ4n) is 2.44. The van der Waals surface area contributed by atoms with Gasteiger partial charge in [0.1, 0.15) is 5.75 Å². The molecule has 1 heterocycles. The van der Waals surface area contributed by atoms with E-state index in [0.717, 1.165) is 12.3 Å². The third-order valence-corrected chi connectivity index (χ3v) is 3.77. The zero-order chi connectivity index (χ0) is 18.1. The average Bonchev–Trinajstić information content (AvgIpc) is 3.11. The summed E-state index contributed by atoms with van der Waals surface area (Å²) < 4.78 is 7.19. The fraction of sp³-hybridized carbons (Fsp3) is 0.421. The Balaban J connectivity index is 1.69. The van der Waals surface area contributed by atoms with Crippen LogP contribution in [0.5, 0.6) is 5.75 Å². The molecular formula is C19H25N3O3. The van der Waals surface area contributed by atoms with Gasteiger partial charge in [-0.05, 0) is 43.2 Å². The molecule has 0 radical (unpaired) electrons. The number of hydrogen-bond donors (Lipinski definition) is 1. The molecule has 1 N–H and O–H groups in total. The lowest BCUT2D eigenvalue weighted by Crippen LogP contribution is -2.30. The van der Waals surface area contributed by atoms with Gasteiger partial charge in [-0.1, -0.05) is 6.92 Å². The van der Waals surface area contributed by atoms with E-state index in [-0.39, 0.29) is 30.4 Å². The van der Waals surface area contributed by atoms with Crippen molar-refractivity contribution < 1.29 is 14.3 Å². The van der Waals surface area contributed by atoms with Crippen LogP contribution < -0.4 is 10.1 Å². The van der Waals surface area contributed by atoms with Crippen molar-refractivity contribution in [1.82, 2.24) is 15.1 Å². The first-order valence-electron chi connectivity index (χ1n) is 8.58. The minimum atomic E-state index is -0.105. The van der Waals surface area contributed by atoms with Crippen molar-refractivity contribution in [3.8, 4) is 5.75 Å². The molecule has 2 aromatic rings. The highest BCUT2D eigenvalue weighted by Crippen LogP contribution is 2.14. The Labute approximate surface area is 148 Å². The molecule has 6 heteroatoms. The van der Waals surface area contributed by atoms with E-state index in [1.165, 1.54) is 0 Å². The quantitative estimate of drug-likeness (QED) is 0.673. The number of rotatable bonds is 10. The second-order valence-corrected chi connectivity index (χ2v) is 6.02. The van der Waals surface area contributed by atoms with Gasteiger partial charge < -0.3 is 10.1 Å². The Morgan fingerprint density at radius 2 is 2.00 bits per heavy atom. The molecule has 0 saturated carbocycles. The van der Waals surface area contributed by atoms with Crippen molar-refractivity contribution >= 4 is 11.7 Å². The van der Waals surface area contributed by atoms with E-state index in [1.54, 1.807) is 30.5 Å². The highest BCUT2D eigenvalue weighted by Gasteiger charge is 2.11. The Hall–Kier alpha value is -2.63. The van der Waals surface area contributed by atoms with Crippen LogP contribution in [-0.2, 0) is 11.3 Å². The monoisotopic (exact) mass is 343 g/mol. The molecule has 0 spiro atoms. The first kappa shape index (κ1) is 18.7. The third kappa shape index (κ3) is 6.41. The van der Waals surface area contributed by atoms with Crippen molar-refractivity contribution in [2.24, 2.45) is 5.92 Å². The molecule has 1 amide bonds. The smallest absolute Gasteiger partial charge is 0.220 e. The molecule has 134 valence electrons. The van der Waals surface area contributed by atoms with E-state index in [4.69, 9.17) is 4.74 Å². The zero-order valence-corrected chi connectivity index (χ0v) is 14.8. The molecule has 0 fully saturated rings. The summed E-state index contributed by atoms with van der Waals surface area (Å²) in [4.78, 5) is 24.1. The molecule has 0 saturated heterocycles. The maximum Gasteiger partial charge on any atom is 0.220 e. The number of carbonyl (C=O) groups excluding carboxylic acids is 2. The van der Waals surface area contributed by atoms with Gasteiger partial charge in [-0.2, -0.15) is 5.10 Å². The number of nitrogens with one attached hydrogen (secondary N) is 1. The molecule has 2 rings (SSSR count). The SMILES string of the molecule is CCOc1ccc(C(=O)CCC(=O)NCC(C)Cn2cccn2)cc1. The summed E-state index contributed by atoms with van der Waals surface area (Å²) in [5.74, 6) is 0.864. The molecule has 6 nitrogen and oxygen atoms in total. The van der Waals surface area contributed by atoms with Crippen LogP contribution in [0.25, 0.3) is 0 Å². The van der Waals surface area contributed by atoms with Crippen LogP contribution in [0.3, 0.4) is 0 Å². The lowest BCUT2D eigenvalue weighted by molar-refractivity contribution is -0.121.